The van der Waals surface area contributed by atoms with Crippen molar-refractivity contribution in [2.75, 3.05) is 25.9 Å². The second-order valence-electron chi connectivity index (χ2n) is 5.37. The Balaban J connectivity index is 2.10. The molecule has 2 atom stereocenters. The fourth-order valence-corrected chi connectivity index (χ4v) is 3.12. The molecule has 0 aromatic heterocycles. The first-order chi connectivity index (χ1) is 8.49. The Labute approximate surface area is 118 Å². The van der Waals surface area contributed by atoms with E-state index in [9.17, 15) is 0 Å². The fourth-order valence-electron chi connectivity index (χ4n) is 2.61. The van der Waals surface area contributed by atoms with Gasteiger partial charge in [0.25, 0.3) is 0 Å². The molecule has 0 bridgehead atoms. The van der Waals surface area contributed by atoms with Gasteiger partial charge in [0, 0.05) is 47.4 Å². The van der Waals surface area contributed by atoms with Crippen LogP contribution in [0.15, 0.2) is 22.7 Å². The van der Waals surface area contributed by atoms with Crippen molar-refractivity contribution in [3.63, 3.8) is 0 Å². The number of nitrogens with zero attached hydrogens (tertiary/aromatic N) is 2. The smallest absolute Gasteiger partial charge is 0.0371 e. The van der Waals surface area contributed by atoms with Crippen LogP contribution in [0.3, 0.4) is 0 Å². The van der Waals surface area contributed by atoms with E-state index in [4.69, 9.17) is 5.73 Å². The standard InChI is InChI=1S/C14H22BrN3/c1-10-7-18(8-11(2)17(10)3)9-12-13(15)5-4-6-14(12)16/h4-6,10-11H,7-9,16H2,1-3H3. The lowest BCUT2D eigenvalue weighted by Crippen LogP contribution is -2.54. The highest BCUT2D eigenvalue weighted by atomic mass is 79.9. The molecule has 3 nitrogen and oxygen atoms in total. The normalized spacial score (nSPS) is 26.4. The molecule has 1 aromatic rings. The molecule has 0 saturated carbocycles. The van der Waals surface area contributed by atoms with Gasteiger partial charge in [-0.1, -0.05) is 22.0 Å². The minimum atomic E-state index is 0.595. The van der Waals surface area contributed by atoms with Gasteiger partial charge in [-0.15, -0.1) is 0 Å². The van der Waals surface area contributed by atoms with E-state index >= 15 is 0 Å². The lowest BCUT2D eigenvalue weighted by molar-refractivity contribution is 0.0556. The van der Waals surface area contributed by atoms with Gasteiger partial charge in [-0.2, -0.15) is 0 Å². The van der Waals surface area contributed by atoms with E-state index in [1.807, 2.05) is 12.1 Å². The molecular formula is C14H22BrN3. The number of piperazine rings is 1. The van der Waals surface area contributed by atoms with Crippen LogP contribution in [-0.2, 0) is 6.54 Å². The van der Waals surface area contributed by atoms with Gasteiger partial charge in [0.1, 0.15) is 0 Å². The zero-order valence-corrected chi connectivity index (χ0v) is 12.9. The number of nitrogen functional groups attached to an aromatic ring is 1. The Morgan fingerprint density at radius 3 is 2.44 bits per heavy atom. The summed E-state index contributed by atoms with van der Waals surface area (Å²) >= 11 is 3.60. The number of rotatable bonds is 2. The SMILES string of the molecule is CC1CN(Cc2c(N)cccc2Br)CC(C)N1C. The van der Waals surface area contributed by atoms with Crippen LogP contribution in [0.4, 0.5) is 5.69 Å². The summed E-state index contributed by atoms with van der Waals surface area (Å²) in [5.41, 5.74) is 8.16. The molecule has 0 spiro atoms. The van der Waals surface area contributed by atoms with E-state index < -0.39 is 0 Å². The second kappa shape index (κ2) is 5.59. The lowest BCUT2D eigenvalue weighted by Gasteiger charge is -2.42. The van der Waals surface area contributed by atoms with Gasteiger partial charge in [0.2, 0.25) is 0 Å². The molecule has 0 amide bonds. The number of hydrogen-bond acceptors (Lipinski definition) is 3. The van der Waals surface area contributed by atoms with Crippen molar-refractivity contribution < 1.29 is 0 Å². The Kier molecular flexibility index (Phi) is 4.30. The Bertz CT molecular complexity index is 389. The van der Waals surface area contributed by atoms with Gasteiger partial charge in [0.15, 0.2) is 0 Å². The third-order valence-corrected chi connectivity index (χ3v) is 4.72. The van der Waals surface area contributed by atoms with E-state index in [-0.39, 0.29) is 0 Å². The topological polar surface area (TPSA) is 32.5 Å². The van der Waals surface area contributed by atoms with E-state index in [0.717, 1.165) is 29.8 Å². The Morgan fingerprint density at radius 1 is 1.28 bits per heavy atom. The Morgan fingerprint density at radius 2 is 1.89 bits per heavy atom. The van der Waals surface area contributed by atoms with Gasteiger partial charge >= 0.3 is 0 Å². The lowest BCUT2D eigenvalue weighted by atomic mass is 10.1. The summed E-state index contributed by atoms with van der Waals surface area (Å²) < 4.78 is 1.11. The first-order valence-electron chi connectivity index (χ1n) is 6.46. The predicted molar refractivity (Wildman–Crippen MR) is 80.5 cm³/mol. The van der Waals surface area contributed by atoms with Gasteiger partial charge in [-0.3, -0.25) is 9.80 Å². The van der Waals surface area contributed by atoms with Crippen LogP contribution < -0.4 is 5.73 Å². The number of likely N-dealkylation sites (N-methyl/N-ethyl adjacent to an activating group) is 1. The maximum absolute atomic E-state index is 6.07. The van der Waals surface area contributed by atoms with Crippen LogP contribution in [0.5, 0.6) is 0 Å². The first-order valence-corrected chi connectivity index (χ1v) is 7.25. The molecule has 18 heavy (non-hydrogen) atoms. The number of anilines is 1. The predicted octanol–water partition coefficient (Wildman–Crippen LogP) is 2.56. The molecule has 2 unspecified atom stereocenters. The second-order valence-corrected chi connectivity index (χ2v) is 6.22. The largest absolute Gasteiger partial charge is 0.398 e. The average molecular weight is 312 g/mol. The number of halogens is 1. The van der Waals surface area contributed by atoms with Crippen molar-refractivity contribution in [3.8, 4) is 0 Å². The molecule has 1 fully saturated rings. The van der Waals surface area contributed by atoms with Gasteiger partial charge in [-0.25, -0.2) is 0 Å². The van der Waals surface area contributed by atoms with Crippen molar-refractivity contribution in [2.24, 2.45) is 0 Å². The molecule has 1 heterocycles. The van der Waals surface area contributed by atoms with E-state index in [1.54, 1.807) is 0 Å². The molecule has 1 saturated heterocycles. The summed E-state index contributed by atoms with van der Waals surface area (Å²) in [5.74, 6) is 0. The quantitative estimate of drug-likeness (QED) is 0.852. The van der Waals surface area contributed by atoms with E-state index in [0.29, 0.717) is 12.1 Å². The summed E-state index contributed by atoms with van der Waals surface area (Å²) in [5, 5.41) is 0. The van der Waals surface area contributed by atoms with Crippen LogP contribution in [0.25, 0.3) is 0 Å². The van der Waals surface area contributed by atoms with E-state index in [2.05, 4.69) is 52.7 Å². The Hall–Kier alpha value is -0.580. The highest BCUT2D eigenvalue weighted by Crippen LogP contribution is 2.25. The summed E-state index contributed by atoms with van der Waals surface area (Å²) in [6.45, 7) is 7.69. The van der Waals surface area contributed by atoms with Crippen molar-refractivity contribution in [3.05, 3.63) is 28.2 Å². The number of nitrogens with two attached hydrogens (primary N) is 1. The minimum Gasteiger partial charge on any atom is -0.398 e. The van der Waals surface area contributed by atoms with Crippen molar-refractivity contribution in [1.82, 2.24) is 9.80 Å². The molecule has 1 aliphatic heterocycles. The van der Waals surface area contributed by atoms with Gasteiger partial charge < -0.3 is 5.73 Å². The highest BCUT2D eigenvalue weighted by molar-refractivity contribution is 9.10. The molecule has 2 rings (SSSR count). The number of benzene rings is 1. The maximum Gasteiger partial charge on any atom is 0.0371 e. The fraction of sp³-hybridized carbons (Fsp3) is 0.571. The maximum atomic E-state index is 6.07. The summed E-state index contributed by atoms with van der Waals surface area (Å²) in [4.78, 5) is 4.94. The molecule has 100 valence electrons. The third-order valence-electron chi connectivity index (χ3n) is 3.97. The first kappa shape index (κ1) is 13.8. The average Bonchev–Trinajstić information content (AvgIpc) is 2.31. The monoisotopic (exact) mass is 311 g/mol. The minimum absolute atomic E-state index is 0.595. The molecule has 2 N–H and O–H groups in total. The van der Waals surface area contributed by atoms with Crippen LogP contribution >= 0.6 is 15.9 Å². The summed E-state index contributed by atoms with van der Waals surface area (Å²) in [7, 11) is 2.21. The zero-order valence-electron chi connectivity index (χ0n) is 11.4. The van der Waals surface area contributed by atoms with Crippen molar-refractivity contribution in [1.29, 1.82) is 0 Å². The van der Waals surface area contributed by atoms with Crippen LogP contribution in [-0.4, -0.2) is 42.0 Å². The van der Waals surface area contributed by atoms with Crippen molar-refractivity contribution in [2.45, 2.75) is 32.5 Å². The van der Waals surface area contributed by atoms with Crippen LogP contribution in [0.2, 0.25) is 0 Å². The summed E-state index contributed by atoms with van der Waals surface area (Å²) in [6.07, 6.45) is 0. The van der Waals surface area contributed by atoms with Crippen LogP contribution in [0, 0.1) is 0 Å². The third kappa shape index (κ3) is 2.87. The molecule has 0 radical (unpaired) electrons. The summed E-state index contributed by atoms with van der Waals surface area (Å²) in [6, 6.07) is 7.21. The van der Waals surface area contributed by atoms with Gasteiger partial charge in [0.05, 0.1) is 0 Å². The molecule has 0 aliphatic carbocycles. The van der Waals surface area contributed by atoms with Gasteiger partial charge in [-0.05, 0) is 33.0 Å². The number of hydrogen-bond donors (Lipinski definition) is 1. The van der Waals surface area contributed by atoms with E-state index in [1.165, 1.54) is 5.56 Å². The molecular weight excluding hydrogens is 290 g/mol. The molecule has 1 aromatic carbocycles. The highest BCUT2D eigenvalue weighted by Gasteiger charge is 2.26. The zero-order chi connectivity index (χ0) is 13.3. The van der Waals surface area contributed by atoms with Crippen LogP contribution in [0.1, 0.15) is 19.4 Å². The molecule has 1 aliphatic rings. The van der Waals surface area contributed by atoms with Crippen molar-refractivity contribution >= 4 is 21.6 Å². The molecule has 4 heteroatoms.